The Bertz CT molecular complexity index is 161. The van der Waals surface area contributed by atoms with E-state index in [1.165, 1.54) is 0 Å². The Morgan fingerprint density at radius 1 is 1.67 bits per heavy atom. The summed E-state index contributed by atoms with van der Waals surface area (Å²) < 4.78 is 5.09. The molecule has 2 atom stereocenters. The lowest BCUT2D eigenvalue weighted by atomic mass is 10.3. The fourth-order valence-electron chi connectivity index (χ4n) is 1.42. The van der Waals surface area contributed by atoms with E-state index in [0.717, 1.165) is 19.3 Å². The van der Waals surface area contributed by atoms with Gasteiger partial charge in [0, 0.05) is 12.6 Å². The van der Waals surface area contributed by atoms with Crippen LogP contribution < -0.4 is 11.1 Å². The fraction of sp³-hybridized carbons (Fsp3) is 0.875. The van der Waals surface area contributed by atoms with Crippen molar-refractivity contribution in [3.63, 3.8) is 0 Å². The molecule has 2 unspecified atom stereocenters. The molecule has 1 rings (SSSR count). The number of carbonyl (C=O) groups is 1. The molecule has 4 heteroatoms. The molecule has 1 amide bonds. The van der Waals surface area contributed by atoms with Crippen LogP contribution >= 0.6 is 0 Å². The van der Waals surface area contributed by atoms with E-state index in [2.05, 4.69) is 5.32 Å². The van der Waals surface area contributed by atoms with Crippen LogP contribution in [0.5, 0.6) is 0 Å². The van der Waals surface area contributed by atoms with E-state index < -0.39 is 0 Å². The minimum absolute atomic E-state index is 0.0338. The lowest BCUT2D eigenvalue weighted by Gasteiger charge is -2.11. The largest absolute Gasteiger partial charge is 0.446 e. The Morgan fingerprint density at radius 3 is 2.92 bits per heavy atom. The van der Waals surface area contributed by atoms with Crippen LogP contribution in [0.1, 0.15) is 26.2 Å². The minimum Gasteiger partial charge on any atom is -0.446 e. The van der Waals surface area contributed by atoms with Crippen LogP contribution in [0.25, 0.3) is 0 Å². The number of amides is 1. The maximum absolute atomic E-state index is 10.9. The van der Waals surface area contributed by atoms with Gasteiger partial charge < -0.3 is 15.8 Å². The zero-order valence-corrected chi connectivity index (χ0v) is 7.38. The Balaban J connectivity index is 2.18. The molecule has 3 N–H and O–H groups in total. The number of carbonyl (C=O) groups excluding carboxylic acids is 1. The average molecular weight is 172 g/mol. The maximum Gasteiger partial charge on any atom is 0.407 e. The van der Waals surface area contributed by atoms with Gasteiger partial charge in [-0.2, -0.15) is 0 Å². The number of hydrogen-bond acceptors (Lipinski definition) is 3. The average Bonchev–Trinajstić information content (AvgIpc) is 2.36. The quantitative estimate of drug-likeness (QED) is 0.641. The second-order valence-corrected chi connectivity index (χ2v) is 3.13. The molecule has 1 aliphatic carbocycles. The van der Waals surface area contributed by atoms with Crippen molar-refractivity contribution in [1.82, 2.24) is 5.32 Å². The first-order chi connectivity index (χ1) is 5.72. The molecule has 0 spiro atoms. The van der Waals surface area contributed by atoms with E-state index in [1.807, 2.05) is 6.92 Å². The molecule has 0 aromatic carbocycles. The predicted molar refractivity (Wildman–Crippen MR) is 45.8 cm³/mol. The first-order valence-corrected chi connectivity index (χ1v) is 4.42. The normalized spacial score (nSPS) is 28.5. The van der Waals surface area contributed by atoms with Gasteiger partial charge in [0.05, 0.1) is 0 Å². The number of hydrogen-bond donors (Lipinski definition) is 2. The zero-order chi connectivity index (χ0) is 8.97. The van der Waals surface area contributed by atoms with Gasteiger partial charge in [0.15, 0.2) is 0 Å². The molecule has 0 aromatic rings. The number of nitrogens with one attached hydrogen (secondary N) is 1. The molecule has 0 aromatic heterocycles. The molecule has 1 fully saturated rings. The predicted octanol–water partition coefficient (Wildman–Crippen LogP) is 0.612. The highest BCUT2D eigenvalue weighted by molar-refractivity contribution is 5.67. The van der Waals surface area contributed by atoms with Crippen LogP contribution in [0.3, 0.4) is 0 Å². The molecule has 12 heavy (non-hydrogen) atoms. The van der Waals surface area contributed by atoms with Crippen LogP contribution in [0.15, 0.2) is 0 Å². The SMILES string of the molecule is CCNC(=O)OC1CCC(N)C1. The summed E-state index contributed by atoms with van der Waals surface area (Å²) in [6, 6.07) is 0.212. The van der Waals surface area contributed by atoms with E-state index in [9.17, 15) is 4.79 Å². The number of rotatable bonds is 2. The van der Waals surface area contributed by atoms with Crippen LogP contribution in [-0.4, -0.2) is 24.8 Å². The van der Waals surface area contributed by atoms with Crippen molar-refractivity contribution in [3.05, 3.63) is 0 Å². The Kier molecular flexibility index (Phi) is 3.34. The van der Waals surface area contributed by atoms with Crippen LogP contribution in [-0.2, 0) is 4.74 Å². The maximum atomic E-state index is 10.9. The topological polar surface area (TPSA) is 64.3 Å². The van der Waals surface area contributed by atoms with Gasteiger partial charge in [-0.1, -0.05) is 0 Å². The van der Waals surface area contributed by atoms with Crippen molar-refractivity contribution in [2.75, 3.05) is 6.54 Å². The zero-order valence-electron chi connectivity index (χ0n) is 7.38. The van der Waals surface area contributed by atoms with Gasteiger partial charge in [0.25, 0.3) is 0 Å². The van der Waals surface area contributed by atoms with Crippen molar-refractivity contribution < 1.29 is 9.53 Å². The van der Waals surface area contributed by atoms with Crippen LogP contribution in [0.2, 0.25) is 0 Å². The Morgan fingerprint density at radius 2 is 2.42 bits per heavy atom. The molecule has 0 heterocycles. The van der Waals surface area contributed by atoms with Gasteiger partial charge in [-0.3, -0.25) is 0 Å². The molecular formula is C8H16N2O2. The third-order valence-corrected chi connectivity index (χ3v) is 2.02. The number of ether oxygens (including phenoxy) is 1. The summed E-state index contributed by atoms with van der Waals surface area (Å²) in [7, 11) is 0. The monoisotopic (exact) mass is 172 g/mol. The molecule has 0 aliphatic heterocycles. The van der Waals surface area contributed by atoms with E-state index in [4.69, 9.17) is 10.5 Å². The first-order valence-electron chi connectivity index (χ1n) is 4.42. The minimum atomic E-state index is -0.323. The highest BCUT2D eigenvalue weighted by Gasteiger charge is 2.24. The van der Waals surface area contributed by atoms with Gasteiger partial charge in [-0.25, -0.2) is 4.79 Å². The van der Waals surface area contributed by atoms with E-state index in [0.29, 0.717) is 6.54 Å². The molecule has 1 aliphatic rings. The van der Waals surface area contributed by atoms with Gasteiger partial charge in [0.1, 0.15) is 6.10 Å². The Hall–Kier alpha value is -0.770. The summed E-state index contributed by atoms with van der Waals surface area (Å²) in [5, 5.41) is 2.59. The number of alkyl carbamates (subject to hydrolysis) is 1. The molecule has 4 nitrogen and oxygen atoms in total. The van der Waals surface area contributed by atoms with Gasteiger partial charge in [-0.05, 0) is 26.2 Å². The second-order valence-electron chi connectivity index (χ2n) is 3.13. The molecule has 0 saturated heterocycles. The van der Waals surface area contributed by atoms with Crippen molar-refractivity contribution >= 4 is 6.09 Å². The van der Waals surface area contributed by atoms with Gasteiger partial charge in [0.2, 0.25) is 0 Å². The summed E-state index contributed by atoms with van der Waals surface area (Å²) >= 11 is 0. The van der Waals surface area contributed by atoms with Crippen molar-refractivity contribution in [2.45, 2.75) is 38.3 Å². The summed E-state index contributed by atoms with van der Waals surface area (Å²) in [6.45, 7) is 2.47. The first kappa shape index (κ1) is 9.32. The summed E-state index contributed by atoms with van der Waals surface area (Å²) in [4.78, 5) is 10.9. The van der Waals surface area contributed by atoms with Crippen LogP contribution in [0, 0.1) is 0 Å². The third-order valence-electron chi connectivity index (χ3n) is 2.02. The molecular weight excluding hydrogens is 156 g/mol. The van der Waals surface area contributed by atoms with Crippen LogP contribution in [0.4, 0.5) is 4.79 Å². The number of nitrogens with two attached hydrogens (primary N) is 1. The highest BCUT2D eigenvalue weighted by atomic mass is 16.6. The highest BCUT2D eigenvalue weighted by Crippen LogP contribution is 2.20. The lowest BCUT2D eigenvalue weighted by molar-refractivity contribution is 0.101. The van der Waals surface area contributed by atoms with Crippen molar-refractivity contribution in [3.8, 4) is 0 Å². The standard InChI is InChI=1S/C8H16N2O2/c1-2-10-8(11)12-7-4-3-6(9)5-7/h6-7H,2-5,9H2,1H3,(H,10,11). The third kappa shape index (κ3) is 2.70. The second kappa shape index (κ2) is 4.30. The summed E-state index contributed by atoms with van der Waals surface area (Å²) in [5.41, 5.74) is 5.66. The van der Waals surface area contributed by atoms with E-state index in [1.54, 1.807) is 0 Å². The lowest BCUT2D eigenvalue weighted by Crippen LogP contribution is -2.28. The van der Waals surface area contributed by atoms with Crippen molar-refractivity contribution in [2.24, 2.45) is 5.73 Å². The van der Waals surface area contributed by atoms with Gasteiger partial charge >= 0.3 is 6.09 Å². The molecule has 0 radical (unpaired) electrons. The van der Waals surface area contributed by atoms with E-state index >= 15 is 0 Å². The Labute approximate surface area is 72.5 Å². The fourth-order valence-corrected chi connectivity index (χ4v) is 1.42. The van der Waals surface area contributed by atoms with Gasteiger partial charge in [-0.15, -0.1) is 0 Å². The summed E-state index contributed by atoms with van der Waals surface area (Å²) in [5.74, 6) is 0. The van der Waals surface area contributed by atoms with E-state index in [-0.39, 0.29) is 18.2 Å². The molecule has 70 valence electrons. The summed E-state index contributed by atoms with van der Waals surface area (Å²) in [6.07, 6.45) is 2.38. The van der Waals surface area contributed by atoms with Crippen molar-refractivity contribution in [1.29, 1.82) is 0 Å². The molecule has 1 saturated carbocycles. The molecule has 0 bridgehead atoms. The smallest absolute Gasteiger partial charge is 0.407 e.